The van der Waals surface area contributed by atoms with Crippen LogP contribution in [0.4, 0.5) is 0 Å². The van der Waals surface area contributed by atoms with Crippen LogP contribution in [0.25, 0.3) is 94.4 Å². The topological polar surface area (TPSA) is 56.7 Å². The van der Waals surface area contributed by atoms with E-state index in [1.54, 1.807) is 0 Å². The van der Waals surface area contributed by atoms with Gasteiger partial charge in [-0.1, -0.05) is 109 Å². The van der Waals surface area contributed by atoms with E-state index in [4.69, 9.17) is 19.4 Å². The number of hydrogen-bond donors (Lipinski definition) is 0. The smallest absolute Gasteiger partial charge is 0.167 e. The number of hydrogen-bond acceptors (Lipinski definition) is 4. The number of aromatic nitrogens is 4. The lowest BCUT2D eigenvalue weighted by Crippen LogP contribution is -2.00. The lowest BCUT2D eigenvalue weighted by atomic mass is 10.0. The van der Waals surface area contributed by atoms with Crippen molar-refractivity contribution in [2.24, 2.45) is 0 Å². The highest BCUT2D eigenvalue weighted by Gasteiger charge is 2.18. The molecular weight excluding hydrogens is 589 g/mol. The highest BCUT2D eigenvalue weighted by Crippen LogP contribution is 2.38. The van der Waals surface area contributed by atoms with Crippen LogP contribution in [-0.4, -0.2) is 19.5 Å². The zero-order chi connectivity index (χ0) is 31.6. The number of rotatable bonds is 4. The first kappa shape index (κ1) is 26.6. The van der Waals surface area contributed by atoms with E-state index >= 15 is 0 Å². The van der Waals surface area contributed by atoms with E-state index in [1.807, 2.05) is 60.7 Å². The van der Waals surface area contributed by atoms with Crippen LogP contribution in [0.3, 0.4) is 0 Å². The predicted molar refractivity (Wildman–Crippen MR) is 195 cm³/mol. The Labute approximate surface area is 275 Å². The van der Waals surface area contributed by atoms with E-state index in [1.165, 1.54) is 32.6 Å². The van der Waals surface area contributed by atoms with Gasteiger partial charge in [0, 0.05) is 38.4 Å². The molecule has 0 unspecified atom stereocenters. The second-order valence-corrected chi connectivity index (χ2v) is 12.0. The van der Waals surface area contributed by atoms with E-state index in [0.29, 0.717) is 17.5 Å². The van der Waals surface area contributed by atoms with E-state index in [-0.39, 0.29) is 0 Å². The minimum atomic E-state index is 0.571. The predicted octanol–water partition coefficient (Wildman–Crippen LogP) is 11.0. The summed E-state index contributed by atoms with van der Waals surface area (Å²) in [7, 11) is 0. The van der Waals surface area contributed by atoms with Crippen LogP contribution in [0.1, 0.15) is 0 Å². The first-order valence-corrected chi connectivity index (χ1v) is 16.0. The van der Waals surface area contributed by atoms with Gasteiger partial charge >= 0.3 is 0 Å². The molecule has 5 heteroatoms. The van der Waals surface area contributed by atoms with Crippen LogP contribution < -0.4 is 0 Å². The van der Waals surface area contributed by atoms with Crippen molar-refractivity contribution in [2.75, 3.05) is 0 Å². The van der Waals surface area contributed by atoms with Gasteiger partial charge in [-0.15, -0.1) is 0 Å². The van der Waals surface area contributed by atoms with Crippen molar-refractivity contribution in [1.82, 2.24) is 19.5 Å². The highest BCUT2D eigenvalue weighted by molar-refractivity contribution is 6.21. The third kappa shape index (κ3) is 4.08. The van der Waals surface area contributed by atoms with Crippen LogP contribution in [0.2, 0.25) is 0 Å². The summed E-state index contributed by atoms with van der Waals surface area (Å²) in [5.41, 5.74) is 7.69. The molecule has 224 valence electrons. The van der Waals surface area contributed by atoms with Crippen LogP contribution in [0, 0.1) is 0 Å². The zero-order valence-corrected chi connectivity index (χ0v) is 25.7. The molecule has 0 fully saturated rings. The molecule has 3 heterocycles. The molecule has 0 aliphatic heterocycles. The van der Waals surface area contributed by atoms with Gasteiger partial charge in [0.25, 0.3) is 0 Å². The van der Waals surface area contributed by atoms with Gasteiger partial charge in [0.15, 0.2) is 17.5 Å². The fourth-order valence-electron chi connectivity index (χ4n) is 7.04. The number of furan rings is 1. The fourth-order valence-corrected chi connectivity index (χ4v) is 7.04. The average molecular weight is 615 g/mol. The van der Waals surface area contributed by atoms with Gasteiger partial charge in [-0.3, -0.25) is 0 Å². The molecule has 0 aliphatic rings. The molecule has 0 spiro atoms. The third-order valence-corrected chi connectivity index (χ3v) is 9.26. The summed E-state index contributed by atoms with van der Waals surface area (Å²) in [4.78, 5) is 15.0. The maximum atomic E-state index is 6.38. The van der Waals surface area contributed by atoms with E-state index < -0.39 is 0 Å². The molecule has 5 nitrogen and oxygen atoms in total. The quantitative estimate of drug-likeness (QED) is 0.198. The normalized spacial score (nSPS) is 11.8. The van der Waals surface area contributed by atoms with Crippen molar-refractivity contribution in [2.45, 2.75) is 0 Å². The standard InChI is InChI=1S/C43H26N4O/c1-2-12-28(13-3-1)41-44-42(46-43(45-41)35-18-10-17-33-32-15-7-9-20-38(32)48-40(33)35)29-21-24-30(25-22-29)47-36-19-8-6-16-34(36)39-31-14-5-4-11-27(31)23-26-37(39)47/h1-26H. The Morgan fingerprint density at radius 3 is 1.90 bits per heavy atom. The molecule has 3 aromatic heterocycles. The second kappa shape index (κ2) is 10.5. The van der Waals surface area contributed by atoms with Crippen LogP contribution in [0.5, 0.6) is 0 Å². The molecule has 48 heavy (non-hydrogen) atoms. The van der Waals surface area contributed by atoms with E-state index in [9.17, 15) is 0 Å². The van der Waals surface area contributed by atoms with Crippen molar-refractivity contribution in [3.05, 3.63) is 158 Å². The minimum absolute atomic E-state index is 0.571. The maximum Gasteiger partial charge on any atom is 0.167 e. The van der Waals surface area contributed by atoms with Gasteiger partial charge in [0.05, 0.1) is 16.6 Å². The summed E-state index contributed by atoms with van der Waals surface area (Å²) < 4.78 is 8.72. The van der Waals surface area contributed by atoms with Gasteiger partial charge in [-0.2, -0.15) is 0 Å². The molecule has 0 aliphatic carbocycles. The fraction of sp³-hybridized carbons (Fsp3) is 0. The summed E-state index contributed by atoms with van der Waals surface area (Å²) in [6, 6.07) is 54.5. The Kier molecular flexibility index (Phi) is 5.81. The van der Waals surface area contributed by atoms with E-state index in [0.717, 1.165) is 44.3 Å². The largest absolute Gasteiger partial charge is 0.455 e. The molecule has 10 rings (SSSR count). The maximum absolute atomic E-state index is 6.38. The highest BCUT2D eigenvalue weighted by atomic mass is 16.3. The molecule has 0 atom stereocenters. The number of nitrogens with zero attached hydrogens (tertiary/aromatic N) is 4. The van der Waals surface area contributed by atoms with Crippen molar-refractivity contribution in [3.8, 4) is 39.9 Å². The van der Waals surface area contributed by atoms with Gasteiger partial charge in [-0.25, -0.2) is 15.0 Å². The Bertz CT molecular complexity index is 2830. The molecule has 7 aromatic carbocycles. The minimum Gasteiger partial charge on any atom is -0.455 e. The third-order valence-electron chi connectivity index (χ3n) is 9.26. The SMILES string of the molecule is c1ccc(-c2nc(-c3ccc(-n4c5ccccc5c5c6ccccc6ccc54)cc3)nc(-c3cccc4c3oc3ccccc34)n2)cc1. The monoisotopic (exact) mass is 614 g/mol. The molecule has 0 amide bonds. The summed E-state index contributed by atoms with van der Waals surface area (Å²) in [5.74, 6) is 1.79. The number of fused-ring (bicyclic) bond motifs is 8. The Hall–Kier alpha value is -6.59. The van der Waals surface area contributed by atoms with Crippen molar-refractivity contribution >= 4 is 54.5 Å². The summed E-state index contributed by atoms with van der Waals surface area (Å²) in [5, 5.41) is 7.11. The van der Waals surface area contributed by atoms with Crippen molar-refractivity contribution < 1.29 is 4.42 Å². The summed E-state index contributed by atoms with van der Waals surface area (Å²) in [6.45, 7) is 0. The van der Waals surface area contributed by atoms with Crippen LogP contribution >= 0.6 is 0 Å². The Balaban J connectivity index is 1.15. The van der Waals surface area contributed by atoms with Gasteiger partial charge in [0.1, 0.15) is 11.2 Å². The molecule has 0 saturated carbocycles. The number of para-hydroxylation sites is 3. The zero-order valence-electron chi connectivity index (χ0n) is 25.7. The molecule has 0 N–H and O–H groups in total. The summed E-state index contributed by atoms with van der Waals surface area (Å²) in [6.07, 6.45) is 0. The van der Waals surface area contributed by atoms with Crippen LogP contribution in [-0.2, 0) is 0 Å². The average Bonchev–Trinajstić information content (AvgIpc) is 3.71. The van der Waals surface area contributed by atoms with E-state index in [2.05, 4.69) is 102 Å². The lowest BCUT2D eigenvalue weighted by Gasteiger charge is -2.11. The lowest BCUT2D eigenvalue weighted by molar-refractivity contribution is 0.669. The molecule has 0 radical (unpaired) electrons. The Morgan fingerprint density at radius 1 is 0.417 bits per heavy atom. The molecule has 10 aromatic rings. The first-order chi connectivity index (χ1) is 23.8. The molecule has 0 bridgehead atoms. The van der Waals surface area contributed by atoms with Gasteiger partial charge < -0.3 is 8.98 Å². The van der Waals surface area contributed by atoms with Crippen LogP contribution in [0.15, 0.2) is 162 Å². The Morgan fingerprint density at radius 2 is 1.06 bits per heavy atom. The van der Waals surface area contributed by atoms with Gasteiger partial charge in [0.2, 0.25) is 0 Å². The van der Waals surface area contributed by atoms with Crippen molar-refractivity contribution in [3.63, 3.8) is 0 Å². The molecular formula is C43H26N4O. The molecule has 0 saturated heterocycles. The summed E-state index contributed by atoms with van der Waals surface area (Å²) >= 11 is 0. The second-order valence-electron chi connectivity index (χ2n) is 12.0. The number of benzene rings is 7. The van der Waals surface area contributed by atoms with Crippen molar-refractivity contribution in [1.29, 1.82) is 0 Å². The van der Waals surface area contributed by atoms with Gasteiger partial charge in [-0.05, 0) is 59.3 Å². The first-order valence-electron chi connectivity index (χ1n) is 16.0.